The second-order valence-electron chi connectivity index (χ2n) is 1.22. The molecule has 10 heteroatoms. The van der Waals surface area contributed by atoms with Crippen LogP contribution in [-0.4, -0.2) is 49.8 Å². The van der Waals surface area contributed by atoms with Crippen LogP contribution in [0.25, 0.3) is 0 Å². The average molecular weight is 254 g/mol. The Labute approximate surface area is 86.7 Å². The first-order chi connectivity index (χ1) is 5.29. The zero-order chi connectivity index (χ0) is 10.3. The number of hydrogen-bond donors (Lipinski definition) is 4. The van der Waals surface area contributed by atoms with Crippen molar-refractivity contribution in [1.29, 1.82) is 0 Å². The summed E-state index contributed by atoms with van der Waals surface area (Å²) in [5.74, 6) is -7.30. The summed E-state index contributed by atoms with van der Waals surface area (Å²) in [7, 11) is 0. The van der Waals surface area contributed by atoms with Gasteiger partial charge in [-0.25, -0.2) is 19.2 Å². The van der Waals surface area contributed by atoms with Gasteiger partial charge in [-0.15, -0.1) is 0 Å². The van der Waals surface area contributed by atoms with Crippen LogP contribution in [0, 0.1) is 0 Å². The Balaban J connectivity index is -0.0000000625. The molecule has 0 aliphatic rings. The third kappa shape index (κ3) is 22.4. The molecule has 0 aromatic heterocycles. The average Bonchev–Trinajstić information content (AvgIpc) is 1.88. The number of rotatable bonds is 0. The first kappa shape index (κ1) is 22.8. The quantitative estimate of drug-likeness (QED) is 0.269. The summed E-state index contributed by atoms with van der Waals surface area (Å²) in [4.78, 5) is 36.4. The SMILES string of the molecule is O.O=C(O)C(=O)O.O=C(O)C(=O)O.[Fe]. The van der Waals surface area contributed by atoms with Gasteiger partial charge >= 0.3 is 23.9 Å². The topological polar surface area (TPSA) is 181 Å². The fourth-order valence-corrected chi connectivity index (χ4v) is 0. The van der Waals surface area contributed by atoms with E-state index in [2.05, 4.69) is 0 Å². The van der Waals surface area contributed by atoms with E-state index in [9.17, 15) is 0 Å². The molecule has 0 bridgehead atoms. The predicted octanol–water partition coefficient (Wildman–Crippen LogP) is -2.52. The number of carbonyl (C=O) groups is 4. The van der Waals surface area contributed by atoms with Gasteiger partial charge in [-0.2, -0.15) is 0 Å². The molecular weight excluding hydrogens is 248 g/mol. The zero-order valence-corrected chi connectivity index (χ0v) is 7.38. The van der Waals surface area contributed by atoms with Crippen LogP contribution >= 0.6 is 0 Å². The van der Waals surface area contributed by atoms with Gasteiger partial charge in [-0.05, 0) is 0 Å². The van der Waals surface area contributed by atoms with Crippen molar-refractivity contribution in [2.45, 2.75) is 0 Å². The van der Waals surface area contributed by atoms with Gasteiger partial charge in [0.05, 0.1) is 0 Å². The van der Waals surface area contributed by atoms with Gasteiger partial charge in [0, 0.05) is 17.1 Å². The smallest absolute Gasteiger partial charge is 0.414 e. The van der Waals surface area contributed by atoms with Crippen LogP contribution in [0.4, 0.5) is 0 Å². The maximum absolute atomic E-state index is 9.10. The fourth-order valence-electron chi connectivity index (χ4n) is 0. The molecule has 0 aromatic rings. The van der Waals surface area contributed by atoms with Crippen molar-refractivity contribution in [2.75, 3.05) is 0 Å². The molecule has 0 rings (SSSR count). The van der Waals surface area contributed by atoms with Gasteiger partial charge in [-0.3, -0.25) is 0 Å². The third-order valence-electron chi connectivity index (χ3n) is 0.366. The van der Waals surface area contributed by atoms with Crippen LogP contribution in [0.15, 0.2) is 0 Å². The van der Waals surface area contributed by atoms with E-state index in [0.29, 0.717) is 0 Å². The molecule has 0 atom stereocenters. The van der Waals surface area contributed by atoms with E-state index in [0.717, 1.165) is 0 Å². The summed E-state index contributed by atoms with van der Waals surface area (Å²) in [5, 5.41) is 29.6. The first-order valence-corrected chi connectivity index (χ1v) is 2.21. The van der Waals surface area contributed by atoms with E-state index in [1.165, 1.54) is 0 Å². The van der Waals surface area contributed by atoms with Crippen LogP contribution < -0.4 is 0 Å². The summed E-state index contributed by atoms with van der Waals surface area (Å²) >= 11 is 0. The van der Waals surface area contributed by atoms with E-state index in [1.54, 1.807) is 0 Å². The molecule has 0 radical (unpaired) electrons. The van der Waals surface area contributed by atoms with Crippen molar-refractivity contribution >= 4 is 23.9 Å². The molecule has 6 N–H and O–H groups in total. The third-order valence-corrected chi connectivity index (χ3v) is 0.366. The van der Waals surface area contributed by atoms with Crippen molar-refractivity contribution in [3.63, 3.8) is 0 Å². The molecule has 0 aliphatic carbocycles. The molecule has 0 amide bonds. The van der Waals surface area contributed by atoms with Gasteiger partial charge in [0.1, 0.15) is 0 Å². The predicted molar refractivity (Wildman–Crippen MR) is 34.2 cm³/mol. The molecular formula is C4H6FeO9. The van der Waals surface area contributed by atoms with Crippen molar-refractivity contribution in [3.8, 4) is 0 Å². The van der Waals surface area contributed by atoms with Crippen LogP contribution in [0.1, 0.15) is 0 Å². The molecule has 0 saturated heterocycles. The van der Waals surface area contributed by atoms with Crippen LogP contribution in [0.2, 0.25) is 0 Å². The Morgan fingerprint density at radius 1 is 0.571 bits per heavy atom. The summed E-state index contributed by atoms with van der Waals surface area (Å²) < 4.78 is 0. The van der Waals surface area contributed by atoms with Crippen molar-refractivity contribution in [1.82, 2.24) is 0 Å². The Bertz CT molecular complexity index is 173. The van der Waals surface area contributed by atoms with Gasteiger partial charge in [0.2, 0.25) is 0 Å². The number of carboxylic acid groups (broad SMARTS) is 4. The monoisotopic (exact) mass is 254 g/mol. The number of hydrogen-bond acceptors (Lipinski definition) is 4. The maximum Gasteiger partial charge on any atom is 0.414 e. The second-order valence-corrected chi connectivity index (χ2v) is 1.22. The summed E-state index contributed by atoms with van der Waals surface area (Å²) in [6.07, 6.45) is 0. The molecule has 0 aliphatic heterocycles. The first-order valence-electron chi connectivity index (χ1n) is 2.21. The maximum atomic E-state index is 9.10. The van der Waals surface area contributed by atoms with E-state index >= 15 is 0 Å². The summed E-state index contributed by atoms with van der Waals surface area (Å²) in [6.45, 7) is 0. The van der Waals surface area contributed by atoms with Crippen LogP contribution in [-0.2, 0) is 36.2 Å². The Kier molecular flexibility index (Phi) is 18.5. The standard InChI is InChI=1S/2C2H2O4.Fe.H2O/c2*3-1(4)2(5)6;;/h2*(H,3,4)(H,5,6);;1H2. The van der Waals surface area contributed by atoms with E-state index in [-0.39, 0.29) is 22.5 Å². The van der Waals surface area contributed by atoms with Crippen LogP contribution in [0.3, 0.4) is 0 Å². The number of aliphatic carboxylic acids is 4. The Morgan fingerprint density at radius 3 is 0.643 bits per heavy atom. The second kappa shape index (κ2) is 11.4. The van der Waals surface area contributed by atoms with Gasteiger partial charge < -0.3 is 25.9 Å². The Hall–Kier alpha value is -1.64. The van der Waals surface area contributed by atoms with Crippen molar-refractivity contribution < 1.29 is 62.1 Å². The molecule has 0 aromatic carbocycles. The molecule has 9 nitrogen and oxygen atoms in total. The summed E-state index contributed by atoms with van der Waals surface area (Å²) in [5.41, 5.74) is 0. The minimum absolute atomic E-state index is 0. The van der Waals surface area contributed by atoms with Crippen molar-refractivity contribution in [3.05, 3.63) is 0 Å². The van der Waals surface area contributed by atoms with Gasteiger partial charge in [-0.1, -0.05) is 0 Å². The number of carboxylic acids is 4. The van der Waals surface area contributed by atoms with E-state index in [4.69, 9.17) is 39.6 Å². The van der Waals surface area contributed by atoms with Gasteiger partial charge in [0.25, 0.3) is 0 Å². The fraction of sp³-hybridized carbons (Fsp3) is 0. The molecule has 0 saturated carbocycles. The normalized spacial score (nSPS) is 6.29. The van der Waals surface area contributed by atoms with E-state index < -0.39 is 23.9 Å². The minimum atomic E-state index is -1.82. The largest absolute Gasteiger partial charge is 0.473 e. The van der Waals surface area contributed by atoms with Crippen LogP contribution in [0.5, 0.6) is 0 Å². The summed E-state index contributed by atoms with van der Waals surface area (Å²) in [6, 6.07) is 0. The Morgan fingerprint density at radius 2 is 0.643 bits per heavy atom. The van der Waals surface area contributed by atoms with Gasteiger partial charge in [0.15, 0.2) is 0 Å². The minimum Gasteiger partial charge on any atom is -0.473 e. The molecule has 0 fully saturated rings. The molecule has 0 spiro atoms. The molecule has 0 unspecified atom stereocenters. The zero-order valence-electron chi connectivity index (χ0n) is 6.28. The van der Waals surface area contributed by atoms with E-state index in [1.807, 2.05) is 0 Å². The molecule has 0 heterocycles. The van der Waals surface area contributed by atoms with Crippen molar-refractivity contribution in [2.24, 2.45) is 0 Å². The molecule has 14 heavy (non-hydrogen) atoms. The molecule has 84 valence electrons.